The molecule has 2 saturated heterocycles. The Kier molecular flexibility index (Phi) is 7.26. The van der Waals surface area contributed by atoms with Crippen molar-refractivity contribution < 1.29 is 37.1 Å². The maximum absolute atomic E-state index is 14.9. The number of alkyl halides is 2. The number of aromatic nitrogens is 1. The summed E-state index contributed by atoms with van der Waals surface area (Å²) in [6.45, 7) is 2.12. The number of likely N-dealkylation sites (tertiary alicyclic amines) is 1. The van der Waals surface area contributed by atoms with Crippen LogP contribution in [0.15, 0.2) is 70.8 Å². The van der Waals surface area contributed by atoms with Crippen molar-refractivity contribution in [1.82, 2.24) is 20.5 Å². The van der Waals surface area contributed by atoms with Crippen LogP contribution in [0.25, 0.3) is 22.6 Å². The predicted octanol–water partition coefficient (Wildman–Crippen LogP) is 4.47. The van der Waals surface area contributed by atoms with E-state index in [0.717, 1.165) is 10.4 Å². The van der Waals surface area contributed by atoms with Gasteiger partial charge in [-0.3, -0.25) is 14.4 Å². The van der Waals surface area contributed by atoms with Crippen LogP contribution in [0.4, 0.5) is 8.78 Å². The number of halogens is 2. The van der Waals surface area contributed by atoms with Gasteiger partial charge in [0, 0.05) is 38.9 Å². The van der Waals surface area contributed by atoms with Crippen molar-refractivity contribution in [3.63, 3.8) is 0 Å². The normalized spacial score (nSPS) is 19.7. The topological polar surface area (TPSA) is 123 Å². The Hall–Kier alpha value is -4.46. The summed E-state index contributed by atoms with van der Waals surface area (Å²) in [5, 5.41) is 7.46. The summed E-state index contributed by atoms with van der Waals surface area (Å²) < 4.78 is 46.9. The van der Waals surface area contributed by atoms with Gasteiger partial charge < -0.3 is 29.4 Å². The van der Waals surface area contributed by atoms with Crippen LogP contribution in [0.2, 0.25) is 0 Å². The number of nitrogens with one attached hydrogen (secondary N) is 2. The number of hydrogen-bond donors (Lipinski definition) is 2. The van der Waals surface area contributed by atoms with Gasteiger partial charge in [-0.2, -0.15) is 8.78 Å². The number of fused-ring (bicyclic) bond motifs is 3. The Balaban J connectivity index is 1.04. The molecule has 0 unspecified atom stereocenters. The highest BCUT2D eigenvalue weighted by atomic mass is 32.1. The Morgan fingerprint density at radius 1 is 1.09 bits per heavy atom. The first-order chi connectivity index (χ1) is 21.6. The van der Waals surface area contributed by atoms with Gasteiger partial charge in [0.05, 0.1) is 38.5 Å². The smallest absolute Gasteiger partial charge is 0.299 e. The van der Waals surface area contributed by atoms with Crippen molar-refractivity contribution in [3.8, 4) is 22.6 Å². The molecule has 4 aromatic rings. The quantitative estimate of drug-likeness (QED) is 0.308. The van der Waals surface area contributed by atoms with Gasteiger partial charge in [0.2, 0.25) is 17.7 Å². The first-order valence-corrected chi connectivity index (χ1v) is 15.3. The lowest BCUT2D eigenvalue weighted by molar-refractivity contribution is -0.152. The van der Waals surface area contributed by atoms with Crippen LogP contribution in [-0.4, -0.2) is 65.7 Å². The van der Waals surface area contributed by atoms with Crippen molar-refractivity contribution in [2.75, 3.05) is 26.3 Å². The molecule has 10 nitrogen and oxygen atoms in total. The highest BCUT2D eigenvalue weighted by Gasteiger charge is 2.52. The standard InChI is InChI=1S/C32H28F2N4O6S/c1-18(26-13-20(16-45-26)30-35-8-9-42-30)37-29(41)25-14-31(43-10-11-44-31)17-38(25)27(39)15-36-28(40)19-6-7-24-22(12-19)21-4-2-3-5-23(21)32(24,33)34/h2-9,12-13,16,18,25H,10-11,14-15,17H2,1H3,(H,36,40)(H,37,41)/t18-,25+/m1/s1. The molecule has 3 aliphatic rings. The Morgan fingerprint density at radius 2 is 1.87 bits per heavy atom. The average molecular weight is 635 g/mol. The summed E-state index contributed by atoms with van der Waals surface area (Å²) >= 11 is 1.45. The van der Waals surface area contributed by atoms with Crippen LogP contribution in [0.1, 0.15) is 45.7 Å². The molecule has 2 aliphatic heterocycles. The van der Waals surface area contributed by atoms with Gasteiger partial charge in [-0.15, -0.1) is 11.3 Å². The van der Waals surface area contributed by atoms with Gasteiger partial charge in [-0.05, 0) is 36.2 Å². The van der Waals surface area contributed by atoms with E-state index in [-0.39, 0.29) is 47.2 Å². The van der Waals surface area contributed by atoms with E-state index in [1.807, 2.05) is 18.4 Å². The number of carbonyl (C=O) groups excluding carboxylic acids is 3. The molecular formula is C32H28F2N4O6S. The molecule has 2 fully saturated rings. The minimum Gasteiger partial charge on any atom is -0.445 e. The third-order valence-corrected chi connectivity index (χ3v) is 9.50. The van der Waals surface area contributed by atoms with Crippen LogP contribution in [0.5, 0.6) is 0 Å². The second kappa shape index (κ2) is 11.2. The van der Waals surface area contributed by atoms with Gasteiger partial charge in [-0.25, -0.2) is 4.98 Å². The number of oxazole rings is 1. The number of nitrogens with zero attached hydrogens (tertiary/aromatic N) is 2. The van der Waals surface area contributed by atoms with Gasteiger partial charge in [-0.1, -0.05) is 30.3 Å². The molecule has 7 rings (SSSR count). The molecule has 4 heterocycles. The summed E-state index contributed by atoms with van der Waals surface area (Å²) in [7, 11) is 0. The molecule has 2 N–H and O–H groups in total. The number of carbonyl (C=O) groups is 3. The van der Waals surface area contributed by atoms with Crippen molar-refractivity contribution in [1.29, 1.82) is 0 Å². The van der Waals surface area contributed by atoms with Crippen LogP contribution in [-0.2, 0) is 25.0 Å². The average Bonchev–Trinajstić information content (AvgIpc) is 3.88. The lowest BCUT2D eigenvalue weighted by atomic mass is 10.0. The van der Waals surface area contributed by atoms with E-state index < -0.39 is 36.1 Å². The van der Waals surface area contributed by atoms with Gasteiger partial charge in [0.1, 0.15) is 12.3 Å². The molecular weight excluding hydrogens is 606 g/mol. The largest absolute Gasteiger partial charge is 0.445 e. The Labute approximate surface area is 260 Å². The molecule has 2 atom stereocenters. The molecule has 0 saturated carbocycles. The first kappa shape index (κ1) is 29.3. The van der Waals surface area contributed by atoms with E-state index in [1.165, 1.54) is 46.8 Å². The van der Waals surface area contributed by atoms with Crippen molar-refractivity contribution >= 4 is 29.1 Å². The third-order valence-electron chi connectivity index (χ3n) is 8.39. The van der Waals surface area contributed by atoms with Crippen LogP contribution < -0.4 is 10.6 Å². The van der Waals surface area contributed by atoms with Gasteiger partial charge in [0.15, 0.2) is 5.79 Å². The lowest BCUT2D eigenvalue weighted by Gasteiger charge is -2.25. The van der Waals surface area contributed by atoms with Crippen LogP contribution in [0.3, 0.4) is 0 Å². The van der Waals surface area contributed by atoms with Gasteiger partial charge >= 0.3 is 0 Å². The first-order valence-electron chi connectivity index (χ1n) is 14.4. The van der Waals surface area contributed by atoms with Crippen LogP contribution >= 0.6 is 11.3 Å². The minimum absolute atomic E-state index is 0.0200. The zero-order chi connectivity index (χ0) is 31.3. The molecule has 3 amide bonds. The monoisotopic (exact) mass is 634 g/mol. The maximum atomic E-state index is 14.9. The molecule has 1 aliphatic carbocycles. The fourth-order valence-corrected chi connectivity index (χ4v) is 7.05. The highest BCUT2D eigenvalue weighted by Crippen LogP contribution is 2.51. The lowest BCUT2D eigenvalue weighted by Crippen LogP contribution is -2.49. The number of amides is 3. The highest BCUT2D eigenvalue weighted by molar-refractivity contribution is 7.10. The molecule has 0 bridgehead atoms. The second-order valence-electron chi connectivity index (χ2n) is 11.2. The summed E-state index contributed by atoms with van der Waals surface area (Å²) in [4.78, 5) is 46.5. The number of hydrogen-bond acceptors (Lipinski definition) is 8. The Bertz CT molecular complexity index is 1790. The van der Waals surface area contributed by atoms with Crippen molar-refractivity contribution in [2.24, 2.45) is 0 Å². The SMILES string of the molecule is C[C@@H](NC(=O)[C@@H]1CC2(CN1C(=O)CNC(=O)c1ccc3c(c1)-c1ccccc1C3(F)F)OCCO2)c1cc(-c2ncco2)cs1. The minimum atomic E-state index is -3.16. The zero-order valence-corrected chi connectivity index (χ0v) is 24.9. The van der Waals surface area contributed by atoms with E-state index in [4.69, 9.17) is 13.9 Å². The summed E-state index contributed by atoms with van der Waals surface area (Å²) in [5.41, 5.74) is 1.28. The van der Waals surface area contributed by atoms with Crippen molar-refractivity contribution in [3.05, 3.63) is 87.9 Å². The molecule has 232 valence electrons. The number of thiophene rings is 1. The number of ether oxygens (including phenoxy) is 2. The Morgan fingerprint density at radius 3 is 2.64 bits per heavy atom. The van der Waals surface area contributed by atoms with E-state index in [9.17, 15) is 23.2 Å². The second-order valence-corrected chi connectivity index (χ2v) is 12.2. The summed E-state index contributed by atoms with van der Waals surface area (Å²) in [6, 6.07) is 10.8. The molecule has 13 heteroatoms. The molecule has 1 spiro atoms. The number of benzene rings is 2. The number of rotatable bonds is 7. The molecule has 45 heavy (non-hydrogen) atoms. The fraction of sp³-hybridized carbons (Fsp3) is 0.312. The van der Waals surface area contributed by atoms with E-state index in [2.05, 4.69) is 15.6 Å². The third kappa shape index (κ3) is 5.20. The van der Waals surface area contributed by atoms with Crippen LogP contribution in [0, 0.1) is 0 Å². The predicted molar refractivity (Wildman–Crippen MR) is 158 cm³/mol. The summed E-state index contributed by atoms with van der Waals surface area (Å²) in [5.74, 6) is -5.29. The van der Waals surface area contributed by atoms with E-state index in [0.29, 0.717) is 24.7 Å². The zero-order valence-electron chi connectivity index (χ0n) is 24.0. The van der Waals surface area contributed by atoms with Gasteiger partial charge in [0.25, 0.3) is 11.8 Å². The maximum Gasteiger partial charge on any atom is 0.299 e. The molecule has 2 aromatic heterocycles. The fourth-order valence-electron chi connectivity index (χ4n) is 6.16. The van der Waals surface area contributed by atoms with E-state index in [1.54, 1.807) is 24.4 Å². The van der Waals surface area contributed by atoms with Crippen molar-refractivity contribution in [2.45, 2.75) is 37.1 Å². The summed E-state index contributed by atoms with van der Waals surface area (Å²) in [6.07, 6.45) is 3.18. The molecule has 2 aromatic carbocycles. The molecule has 0 radical (unpaired) electrons. The van der Waals surface area contributed by atoms with E-state index >= 15 is 0 Å².